The molecule has 2 aliphatic heterocycles. The fourth-order valence-electron chi connectivity index (χ4n) is 6.84. The van der Waals surface area contributed by atoms with E-state index in [0.717, 1.165) is 27.9 Å². The van der Waals surface area contributed by atoms with Gasteiger partial charge in [0.05, 0.1) is 29.4 Å². The molecule has 0 saturated carbocycles. The molecule has 2 unspecified atom stereocenters. The van der Waals surface area contributed by atoms with Gasteiger partial charge in [-0.25, -0.2) is 19.6 Å². The number of hydrogen-bond acceptors (Lipinski definition) is 9. The predicted molar refractivity (Wildman–Crippen MR) is 200 cm³/mol. The number of hydrogen-bond donors (Lipinski definition) is 2. The minimum Gasteiger partial charge on any atom is -0.467 e. The Morgan fingerprint density at radius 3 is 2.47 bits per heavy atom. The first-order chi connectivity index (χ1) is 25.3. The number of ether oxygens (including phenoxy) is 2. The van der Waals surface area contributed by atoms with Crippen LogP contribution in [0, 0.1) is 13.8 Å². The van der Waals surface area contributed by atoms with Gasteiger partial charge in [-0.05, 0) is 90.1 Å². The van der Waals surface area contributed by atoms with E-state index in [2.05, 4.69) is 21.7 Å². The fourth-order valence-corrected chi connectivity index (χ4v) is 6.84. The van der Waals surface area contributed by atoms with Crippen molar-refractivity contribution >= 4 is 46.2 Å². The molecular weight excluding hydrogens is 676 g/mol. The van der Waals surface area contributed by atoms with Gasteiger partial charge in [0, 0.05) is 29.8 Å². The van der Waals surface area contributed by atoms with Crippen molar-refractivity contribution in [1.29, 1.82) is 0 Å². The molecule has 0 radical (unpaired) electrons. The number of amides is 3. The summed E-state index contributed by atoms with van der Waals surface area (Å²) < 4.78 is 11.5. The van der Waals surface area contributed by atoms with Crippen LogP contribution in [0.4, 0.5) is 10.5 Å². The van der Waals surface area contributed by atoms with E-state index >= 15 is 0 Å². The summed E-state index contributed by atoms with van der Waals surface area (Å²) in [6.45, 7) is 9.79. The number of methoxy groups -OCH3 is 1. The van der Waals surface area contributed by atoms with Crippen molar-refractivity contribution in [3.05, 3.63) is 105 Å². The number of fused-ring (bicyclic) bond motifs is 1. The molecule has 13 nitrogen and oxygen atoms in total. The van der Waals surface area contributed by atoms with E-state index in [-0.39, 0.29) is 34.6 Å². The van der Waals surface area contributed by atoms with E-state index in [1.54, 1.807) is 32.6 Å². The van der Waals surface area contributed by atoms with Gasteiger partial charge in [-0.3, -0.25) is 19.0 Å². The maximum Gasteiger partial charge on any atom is 0.407 e. The van der Waals surface area contributed by atoms with Crippen molar-refractivity contribution in [2.45, 2.75) is 78.1 Å². The molecule has 2 atom stereocenters. The summed E-state index contributed by atoms with van der Waals surface area (Å²) >= 11 is 0. The summed E-state index contributed by atoms with van der Waals surface area (Å²) in [6, 6.07) is 17.3. The van der Waals surface area contributed by atoms with Crippen LogP contribution in [0.3, 0.4) is 0 Å². The standard InChI is InChI=1S/C40H44N6O7/c1-23-20-26-17-19-45-33(26)29(21-23)32(25-12-8-7-9-13-25)44-34(37(45)49)46-24(2)42-31-22-27(15-16-28(31)36(46)48)35(47)43-30(38(50)52-6)14-10-11-18-41-39(51)53-40(3,4)5/h7-9,12-13,15-16,20-22,30,34H,10-11,14,17-19H2,1-6H3,(H,41,51)(H,43,47). The maximum absolute atomic E-state index is 14.3. The molecule has 4 aromatic rings. The normalized spacial score (nSPS) is 15.7. The number of nitrogens with zero attached hydrogens (tertiary/aromatic N) is 4. The number of rotatable bonds is 10. The average molecular weight is 721 g/mol. The highest BCUT2D eigenvalue weighted by Crippen LogP contribution is 2.39. The Morgan fingerprint density at radius 2 is 1.75 bits per heavy atom. The monoisotopic (exact) mass is 720 g/mol. The highest BCUT2D eigenvalue weighted by molar-refractivity contribution is 6.20. The zero-order valence-corrected chi connectivity index (χ0v) is 30.8. The van der Waals surface area contributed by atoms with Gasteiger partial charge in [-0.15, -0.1) is 0 Å². The topological polar surface area (TPSA) is 161 Å². The van der Waals surface area contributed by atoms with E-state index in [1.807, 2.05) is 43.3 Å². The van der Waals surface area contributed by atoms with Gasteiger partial charge < -0.3 is 25.0 Å². The quantitative estimate of drug-likeness (QED) is 0.173. The van der Waals surface area contributed by atoms with E-state index in [0.29, 0.717) is 38.1 Å². The molecule has 2 aliphatic rings. The van der Waals surface area contributed by atoms with Crippen molar-refractivity contribution in [1.82, 2.24) is 20.2 Å². The van der Waals surface area contributed by atoms with Crippen molar-refractivity contribution in [2.75, 3.05) is 25.1 Å². The van der Waals surface area contributed by atoms with Gasteiger partial charge in [0.15, 0.2) is 0 Å². The number of benzene rings is 3. The number of unbranched alkanes of at least 4 members (excludes halogenated alkanes) is 1. The minimum atomic E-state index is -1.21. The van der Waals surface area contributed by atoms with Gasteiger partial charge in [0.25, 0.3) is 17.4 Å². The zero-order chi connectivity index (χ0) is 38.0. The maximum atomic E-state index is 14.3. The number of anilines is 1. The number of aryl methyl sites for hydroxylation is 2. The Bertz CT molecular complexity index is 2190. The SMILES string of the molecule is COC(=O)C(CCCCNC(=O)OC(C)(C)C)NC(=O)c1ccc2c(=O)n(C3N=C(c4ccccc4)c4cc(C)cc5c4N(CC5)C3=O)c(C)nc2c1. The molecule has 2 N–H and O–H groups in total. The van der Waals surface area contributed by atoms with E-state index < -0.39 is 41.3 Å². The third kappa shape index (κ3) is 7.84. The third-order valence-corrected chi connectivity index (χ3v) is 9.21. The van der Waals surface area contributed by atoms with Crippen LogP contribution < -0.4 is 21.1 Å². The van der Waals surface area contributed by atoms with Gasteiger partial charge >= 0.3 is 12.1 Å². The molecule has 0 aliphatic carbocycles. The van der Waals surface area contributed by atoms with Crippen molar-refractivity contribution < 1.29 is 28.7 Å². The predicted octanol–water partition coefficient (Wildman–Crippen LogP) is 4.92. The Balaban J connectivity index is 1.26. The molecule has 276 valence electrons. The molecular formula is C40H44N6O7. The number of aromatic nitrogens is 2. The molecule has 0 saturated heterocycles. The van der Waals surface area contributed by atoms with Gasteiger partial charge in [0.1, 0.15) is 17.5 Å². The molecule has 53 heavy (non-hydrogen) atoms. The summed E-state index contributed by atoms with van der Waals surface area (Å²) in [6.07, 6.45) is 0.272. The van der Waals surface area contributed by atoms with Crippen molar-refractivity contribution in [3.63, 3.8) is 0 Å². The van der Waals surface area contributed by atoms with Crippen LogP contribution in [0.2, 0.25) is 0 Å². The molecule has 13 heteroatoms. The zero-order valence-electron chi connectivity index (χ0n) is 30.8. The number of carbonyl (C=O) groups is 4. The molecule has 6 rings (SSSR count). The van der Waals surface area contributed by atoms with Crippen LogP contribution in [-0.4, -0.2) is 71.0 Å². The Morgan fingerprint density at radius 1 is 1.00 bits per heavy atom. The fraction of sp³-hybridized carbons (Fsp3) is 0.375. The van der Waals surface area contributed by atoms with Crippen molar-refractivity contribution in [2.24, 2.45) is 4.99 Å². The summed E-state index contributed by atoms with van der Waals surface area (Å²) in [5, 5.41) is 5.61. The Labute approximate surface area is 307 Å². The first kappa shape index (κ1) is 36.9. The second kappa shape index (κ2) is 15.0. The van der Waals surface area contributed by atoms with Gasteiger partial charge in [0.2, 0.25) is 6.17 Å². The molecule has 3 aromatic carbocycles. The van der Waals surface area contributed by atoms with Gasteiger partial charge in [-0.2, -0.15) is 0 Å². The summed E-state index contributed by atoms with van der Waals surface area (Å²) in [5.74, 6) is -1.23. The van der Waals surface area contributed by atoms with Crippen LogP contribution in [0.15, 0.2) is 70.5 Å². The third-order valence-electron chi connectivity index (χ3n) is 9.21. The minimum absolute atomic E-state index is 0.187. The second-order valence-corrected chi connectivity index (χ2v) is 14.3. The highest BCUT2D eigenvalue weighted by Gasteiger charge is 2.38. The Hall–Kier alpha value is -5.85. The first-order valence-corrected chi connectivity index (χ1v) is 17.7. The first-order valence-electron chi connectivity index (χ1n) is 17.7. The van der Waals surface area contributed by atoms with Crippen LogP contribution in [-0.2, 0) is 25.5 Å². The highest BCUT2D eigenvalue weighted by atomic mass is 16.6. The number of esters is 1. The number of nitrogens with one attached hydrogen (secondary N) is 2. The van der Waals surface area contributed by atoms with Crippen LogP contribution in [0.25, 0.3) is 10.9 Å². The Kier molecular flexibility index (Phi) is 10.5. The number of aliphatic imine (C=N–C) groups is 1. The number of alkyl carbamates (subject to hydrolysis) is 1. The molecule has 0 bridgehead atoms. The lowest BCUT2D eigenvalue weighted by Crippen LogP contribution is -2.41. The molecule has 3 heterocycles. The molecule has 3 amide bonds. The van der Waals surface area contributed by atoms with E-state index in [1.165, 1.54) is 29.9 Å². The van der Waals surface area contributed by atoms with E-state index in [4.69, 9.17) is 14.5 Å². The molecule has 0 spiro atoms. The molecule has 0 fully saturated rings. The largest absolute Gasteiger partial charge is 0.467 e. The van der Waals surface area contributed by atoms with Crippen LogP contribution >= 0.6 is 0 Å². The second-order valence-electron chi connectivity index (χ2n) is 14.3. The van der Waals surface area contributed by atoms with E-state index in [9.17, 15) is 24.0 Å². The summed E-state index contributed by atoms with van der Waals surface area (Å²) in [7, 11) is 1.24. The lowest BCUT2D eigenvalue weighted by atomic mass is 9.96. The van der Waals surface area contributed by atoms with Crippen molar-refractivity contribution in [3.8, 4) is 0 Å². The van der Waals surface area contributed by atoms with Gasteiger partial charge in [-0.1, -0.05) is 42.0 Å². The summed E-state index contributed by atoms with van der Waals surface area (Å²) in [5.41, 5.74) is 4.59. The average Bonchev–Trinajstić information content (AvgIpc) is 3.49. The smallest absolute Gasteiger partial charge is 0.407 e. The lowest BCUT2D eigenvalue weighted by molar-refractivity contribution is -0.143. The summed E-state index contributed by atoms with van der Waals surface area (Å²) in [4.78, 5) is 77.9. The van der Waals surface area contributed by atoms with Crippen LogP contribution in [0.1, 0.15) is 84.6 Å². The van der Waals surface area contributed by atoms with Crippen LogP contribution in [0.5, 0.6) is 0 Å². The number of carbonyl (C=O) groups excluding carboxylic acids is 4. The molecule has 1 aromatic heterocycles. The lowest BCUT2D eigenvalue weighted by Gasteiger charge is -2.23.